The van der Waals surface area contributed by atoms with Crippen molar-refractivity contribution in [1.29, 1.82) is 0 Å². The molecule has 3 unspecified atom stereocenters. The third kappa shape index (κ3) is 4.45. The fraction of sp³-hybridized carbons (Fsp3) is 0.235. The topological polar surface area (TPSA) is 125 Å². The molecule has 7 nitrogen and oxygen atoms in total. The monoisotopic (exact) mass is 508 g/mol. The quantitative estimate of drug-likeness (QED) is 0.488. The summed E-state index contributed by atoms with van der Waals surface area (Å²) in [4.78, 5) is 11.3. The number of carbonyl (C=O) groups is 1. The van der Waals surface area contributed by atoms with Gasteiger partial charge in [-0.1, -0.05) is 39.1 Å². The maximum atomic E-state index is 11.7. The van der Waals surface area contributed by atoms with Crippen LogP contribution in [0.3, 0.4) is 0 Å². The van der Waals surface area contributed by atoms with Gasteiger partial charge in [0.1, 0.15) is 21.9 Å². The molecule has 2 aromatic carbocycles. The summed E-state index contributed by atoms with van der Waals surface area (Å²) in [5.41, 5.74) is 9.99. The molecule has 3 atom stereocenters. The van der Waals surface area contributed by atoms with Crippen molar-refractivity contribution in [2.24, 2.45) is 17.4 Å². The Morgan fingerprint density at radius 1 is 1.32 bits per heavy atom. The van der Waals surface area contributed by atoms with Crippen molar-refractivity contribution in [3.63, 3.8) is 0 Å². The van der Waals surface area contributed by atoms with Gasteiger partial charge in [0.25, 0.3) is 0 Å². The number of amides is 1. The van der Waals surface area contributed by atoms with E-state index in [4.69, 9.17) is 44.1 Å². The molecule has 0 spiro atoms. The van der Waals surface area contributed by atoms with Crippen molar-refractivity contribution < 1.29 is 23.0 Å². The predicted octanol–water partition coefficient (Wildman–Crippen LogP) is 3.71. The first-order valence-electron chi connectivity index (χ1n) is 7.90. The molecule has 0 aliphatic heterocycles. The Labute approximate surface area is 181 Å². The first-order chi connectivity index (χ1) is 13.1. The zero-order valence-corrected chi connectivity index (χ0v) is 18.1. The molecule has 28 heavy (non-hydrogen) atoms. The molecule has 5 N–H and O–H groups in total. The van der Waals surface area contributed by atoms with E-state index in [0.29, 0.717) is 10.9 Å². The number of halogens is 3. The average Bonchev–Trinajstić information content (AvgIpc) is 3.28. The number of ether oxygens (including phenoxy) is 2. The second-order valence-corrected chi connectivity index (χ2v) is 8.94. The Morgan fingerprint density at radius 2 is 1.96 bits per heavy atom. The highest BCUT2D eigenvalue weighted by molar-refractivity contribution is 9.10. The summed E-state index contributed by atoms with van der Waals surface area (Å²) >= 11 is 13.2. The molecule has 1 saturated carbocycles. The van der Waals surface area contributed by atoms with Gasteiger partial charge in [0.15, 0.2) is 16.8 Å². The van der Waals surface area contributed by atoms with E-state index in [0.717, 1.165) is 0 Å². The lowest BCUT2D eigenvalue weighted by Gasteiger charge is -2.14. The first kappa shape index (κ1) is 21.4. The fourth-order valence-electron chi connectivity index (χ4n) is 2.60. The van der Waals surface area contributed by atoms with Gasteiger partial charge in [0, 0.05) is 16.5 Å². The van der Waals surface area contributed by atoms with E-state index in [1.807, 2.05) is 0 Å². The molecule has 0 heterocycles. The second kappa shape index (κ2) is 8.17. The van der Waals surface area contributed by atoms with Gasteiger partial charge in [-0.2, -0.15) is 0 Å². The van der Waals surface area contributed by atoms with Crippen molar-refractivity contribution >= 4 is 56.1 Å². The van der Waals surface area contributed by atoms with Gasteiger partial charge in [-0.05, 0) is 30.7 Å². The number of hydrogen-bond acceptors (Lipinski definition) is 5. The number of benzene rings is 2. The smallest absolute Gasteiger partial charge is 0.237 e. The van der Waals surface area contributed by atoms with Gasteiger partial charge in [-0.15, -0.1) is 0 Å². The molecule has 1 amide bonds. The number of carbonyl (C=O) groups excluding carboxylic acids is 1. The number of nitrogens with two attached hydrogens (primary N) is 2. The number of rotatable bonds is 7. The lowest BCUT2D eigenvalue weighted by atomic mass is 10.2. The molecule has 150 valence electrons. The maximum Gasteiger partial charge on any atom is 0.237 e. The van der Waals surface area contributed by atoms with Gasteiger partial charge in [0.05, 0.1) is 16.7 Å². The number of primary amides is 1. The lowest BCUT2D eigenvalue weighted by Crippen LogP contribution is -2.41. The first-order valence-corrected chi connectivity index (χ1v) is 10.6. The summed E-state index contributed by atoms with van der Waals surface area (Å²) in [5, 5.41) is 0.539. The highest BCUT2D eigenvalue weighted by Gasteiger charge is 2.56. The minimum Gasteiger partial charge on any atom is -0.492 e. The van der Waals surface area contributed by atoms with E-state index in [2.05, 4.69) is 15.9 Å². The lowest BCUT2D eigenvalue weighted by molar-refractivity contribution is -0.120. The van der Waals surface area contributed by atoms with Crippen LogP contribution in [0, 0.1) is 5.92 Å². The van der Waals surface area contributed by atoms with E-state index in [-0.39, 0.29) is 44.7 Å². The zero-order valence-electron chi connectivity index (χ0n) is 14.2. The van der Waals surface area contributed by atoms with Gasteiger partial charge < -0.3 is 25.5 Å². The van der Waals surface area contributed by atoms with Crippen LogP contribution in [0.1, 0.15) is 6.42 Å². The molecule has 1 fully saturated rings. The third-order valence-electron chi connectivity index (χ3n) is 4.34. The van der Waals surface area contributed by atoms with Crippen LogP contribution < -0.4 is 20.9 Å². The van der Waals surface area contributed by atoms with Crippen LogP contribution in [0.15, 0.2) is 39.7 Å². The van der Waals surface area contributed by atoms with Gasteiger partial charge in [-0.3, -0.25) is 4.79 Å². The molecule has 11 heteroatoms. The minimum atomic E-state index is -2.35. The van der Waals surface area contributed by atoms with Gasteiger partial charge >= 0.3 is 0 Å². The highest BCUT2D eigenvalue weighted by Crippen LogP contribution is 2.42. The predicted molar refractivity (Wildman–Crippen MR) is 109 cm³/mol. The fourth-order valence-corrected chi connectivity index (χ4v) is 4.40. The Hall–Kier alpha value is -1.36. The summed E-state index contributed by atoms with van der Waals surface area (Å²) in [6, 6.07) is 7.58. The molecule has 0 saturated heterocycles. The molecular weight excluding hydrogens is 495 g/mol. The van der Waals surface area contributed by atoms with Crippen LogP contribution in [0.5, 0.6) is 17.2 Å². The van der Waals surface area contributed by atoms with Crippen LogP contribution in [0.2, 0.25) is 10.0 Å². The standard InChI is InChI=1S/C17H15BrCl2N2O5S/c18-9-3-11(19)15(12(20)4-9)27-10-1-2-13(14(5-10)28(24)25)26-7-8-6-17(8,22)16(21)23/h1-5,8H,6-7,22H2,(H2,21,23)(H,24,25). The molecule has 3 rings (SSSR count). The van der Waals surface area contributed by atoms with E-state index in [1.165, 1.54) is 18.2 Å². The Balaban J connectivity index is 1.78. The normalized spacial score (nSPS) is 21.8. The van der Waals surface area contributed by atoms with E-state index in [9.17, 15) is 13.6 Å². The summed E-state index contributed by atoms with van der Waals surface area (Å²) in [6.07, 6.45) is 0.404. The van der Waals surface area contributed by atoms with Crippen LogP contribution in [0.25, 0.3) is 0 Å². The molecule has 0 aromatic heterocycles. The van der Waals surface area contributed by atoms with Crippen LogP contribution in [-0.4, -0.2) is 26.8 Å². The molecule has 1 aliphatic rings. The second-order valence-electron chi connectivity index (χ2n) is 6.27. The summed E-state index contributed by atoms with van der Waals surface area (Å²) < 4.78 is 33.3. The van der Waals surface area contributed by atoms with Crippen molar-refractivity contribution in [3.8, 4) is 17.2 Å². The molecule has 2 aromatic rings. The van der Waals surface area contributed by atoms with E-state index in [1.54, 1.807) is 12.1 Å². The van der Waals surface area contributed by atoms with Crippen LogP contribution >= 0.6 is 39.1 Å². The Kier molecular flexibility index (Phi) is 6.23. The number of hydrogen-bond donors (Lipinski definition) is 3. The van der Waals surface area contributed by atoms with Crippen molar-refractivity contribution in [1.82, 2.24) is 0 Å². The average molecular weight is 510 g/mol. The summed E-state index contributed by atoms with van der Waals surface area (Å²) in [7, 11) is 0. The Bertz CT molecular complexity index is 954. The van der Waals surface area contributed by atoms with Crippen LogP contribution in [-0.2, 0) is 15.9 Å². The highest BCUT2D eigenvalue weighted by atomic mass is 79.9. The molecule has 0 bridgehead atoms. The molecule has 0 radical (unpaired) electrons. The molecular formula is C17H15BrCl2N2O5S. The van der Waals surface area contributed by atoms with Gasteiger partial charge in [0.2, 0.25) is 5.91 Å². The van der Waals surface area contributed by atoms with E-state index >= 15 is 0 Å². The van der Waals surface area contributed by atoms with Crippen LogP contribution in [0.4, 0.5) is 0 Å². The summed E-state index contributed by atoms with van der Waals surface area (Å²) in [6.45, 7) is 0.0915. The largest absolute Gasteiger partial charge is 0.492 e. The maximum absolute atomic E-state index is 11.7. The molecule has 1 aliphatic carbocycles. The van der Waals surface area contributed by atoms with E-state index < -0.39 is 22.5 Å². The summed E-state index contributed by atoms with van der Waals surface area (Å²) in [5.74, 6) is -0.227. The SMILES string of the molecule is NC(=O)C1(N)CC1COc1ccc(Oc2c(Cl)cc(Br)cc2Cl)cc1S(=O)O. The van der Waals surface area contributed by atoms with Crippen molar-refractivity contribution in [2.45, 2.75) is 16.9 Å². The third-order valence-corrected chi connectivity index (χ3v) is 6.05. The Morgan fingerprint density at radius 3 is 2.50 bits per heavy atom. The van der Waals surface area contributed by atoms with Crippen molar-refractivity contribution in [2.75, 3.05) is 6.61 Å². The zero-order chi connectivity index (χ0) is 20.6. The minimum absolute atomic E-state index is 0.01000. The van der Waals surface area contributed by atoms with Crippen molar-refractivity contribution in [3.05, 3.63) is 44.8 Å². The van der Waals surface area contributed by atoms with Gasteiger partial charge in [-0.25, -0.2) is 4.21 Å².